The van der Waals surface area contributed by atoms with Crippen LogP contribution in [-0.2, 0) is 9.59 Å². The van der Waals surface area contributed by atoms with Gasteiger partial charge in [-0.15, -0.1) is 0 Å². The maximum atomic E-state index is 14.4. The number of carbonyl (C=O) groups is 2. The number of amides is 2. The van der Waals surface area contributed by atoms with Crippen LogP contribution < -0.4 is 10.6 Å². The van der Waals surface area contributed by atoms with Gasteiger partial charge >= 0.3 is 0 Å². The van der Waals surface area contributed by atoms with E-state index in [4.69, 9.17) is 0 Å². The number of likely N-dealkylation sites (tertiary alicyclic amines) is 1. The Hall–Kier alpha value is -1.25. The molecular weight excluding hydrogens is 423 g/mol. The van der Waals surface area contributed by atoms with E-state index in [1.807, 2.05) is 0 Å². The first-order valence-electron chi connectivity index (χ1n) is 13.0. The molecule has 4 rings (SSSR count). The standard InChI is InChI=1S/C25H43FN4O3/c1-15-8-9-20(26)19-13-21(28-22(15)19)23(31)27-16-6-5-7-17(12-16)30-11-10-18(14-30)29(4)24(32)25(2,3)33/h15-22,28,33H,5-14H2,1-4H3,(H,27,31)/t15?,16-,17-,18+,19?,20?,21?,22?/m1/s1. The Kier molecular flexibility index (Phi) is 7.37. The summed E-state index contributed by atoms with van der Waals surface area (Å²) in [6, 6.07) is 0.495. The van der Waals surface area contributed by atoms with Crippen molar-refractivity contribution in [2.75, 3.05) is 20.1 Å². The third-order valence-electron chi connectivity index (χ3n) is 8.75. The molecular formula is C25H43FN4O3. The number of halogens is 1. The molecule has 0 radical (unpaired) electrons. The van der Waals surface area contributed by atoms with Crippen LogP contribution in [0.3, 0.4) is 0 Å². The first-order chi connectivity index (χ1) is 15.5. The van der Waals surface area contributed by atoms with Crippen LogP contribution >= 0.6 is 0 Å². The highest BCUT2D eigenvalue weighted by Crippen LogP contribution is 2.38. The van der Waals surface area contributed by atoms with Crippen LogP contribution in [-0.4, -0.2) is 88.8 Å². The van der Waals surface area contributed by atoms with Crippen LogP contribution in [0.25, 0.3) is 0 Å². The minimum atomic E-state index is -1.35. The number of carbonyl (C=O) groups excluding carboxylic acids is 2. The van der Waals surface area contributed by atoms with Crippen molar-refractivity contribution in [2.45, 2.75) is 114 Å². The van der Waals surface area contributed by atoms with E-state index in [1.54, 1.807) is 11.9 Å². The number of nitrogens with one attached hydrogen (secondary N) is 2. The van der Waals surface area contributed by atoms with E-state index >= 15 is 0 Å². The Labute approximate surface area is 197 Å². The third-order valence-corrected chi connectivity index (χ3v) is 8.75. The van der Waals surface area contributed by atoms with Gasteiger partial charge in [0, 0.05) is 50.2 Å². The summed E-state index contributed by atoms with van der Waals surface area (Å²) in [7, 11) is 1.79. The van der Waals surface area contributed by atoms with E-state index in [-0.39, 0.29) is 41.9 Å². The minimum Gasteiger partial charge on any atom is -0.381 e. The predicted octanol–water partition coefficient (Wildman–Crippen LogP) is 1.83. The van der Waals surface area contributed by atoms with Gasteiger partial charge in [-0.2, -0.15) is 0 Å². The molecule has 4 fully saturated rings. The van der Waals surface area contributed by atoms with Crippen molar-refractivity contribution < 1.29 is 19.1 Å². The average Bonchev–Trinajstić information content (AvgIpc) is 3.43. The Bertz CT molecular complexity index is 711. The first-order valence-corrected chi connectivity index (χ1v) is 13.0. The summed E-state index contributed by atoms with van der Waals surface area (Å²) in [4.78, 5) is 29.6. The molecule has 0 aromatic heterocycles. The fourth-order valence-electron chi connectivity index (χ4n) is 6.74. The molecule has 5 unspecified atom stereocenters. The first kappa shape index (κ1) is 24.9. The van der Waals surface area contributed by atoms with E-state index in [9.17, 15) is 19.1 Å². The molecule has 2 amide bonds. The monoisotopic (exact) mass is 466 g/mol. The van der Waals surface area contributed by atoms with Crippen LogP contribution in [0.2, 0.25) is 0 Å². The van der Waals surface area contributed by atoms with Gasteiger partial charge in [-0.3, -0.25) is 14.5 Å². The summed E-state index contributed by atoms with van der Waals surface area (Å²) in [6.45, 7) is 6.99. The van der Waals surface area contributed by atoms with Crippen molar-refractivity contribution in [1.29, 1.82) is 0 Å². The molecule has 0 aromatic carbocycles. The minimum absolute atomic E-state index is 0.0317. The van der Waals surface area contributed by atoms with Crippen molar-refractivity contribution >= 4 is 11.8 Å². The van der Waals surface area contributed by atoms with Crippen molar-refractivity contribution in [3.8, 4) is 0 Å². The molecule has 8 atom stereocenters. The van der Waals surface area contributed by atoms with Gasteiger partial charge in [0.05, 0.1) is 6.04 Å². The summed E-state index contributed by atoms with van der Waals surface area (Å²) in [5, 5.41) is 16.8. The Morgan fingerprint density at radius 2 is 1.91 bits per heavy atom. The van der Waals surface area contributed by atoms with Crippen LogP contribution in [0.5, 0.6) is 0 Å². The van der Waals surface area contributed by atoms with Crippen molar-refractivity contribution in [1.82, 2.24) is 20.4 Å². The zero-order chi connectivity index (χ0) is 23.9. The van der Waals surface area contributed by atoms with Crippen molar-refractivity contribution in [3.63, 3.8) is 0 Å². The zero-order valence-corrected chi connectivity index (χ0v) is 20.7. The van der Waals surface area contributed by atoms with E-state index in [2.05, 4.69) is 22.5 Å². The number of alkyl halides is 1. The molecule has 188 valence electrons. The molecule has 2 heterocycles. The molecule has 8 heteroatoms. The lowest BCUT2D eigenvalue weighted by molar-refractivity contribution is -0.148. The number of hydrogen-bond donors (Lipinski definition) is 3. The summed E-state index contributed by atoms with van der Waals surface area (Å²) >= 11 is 0. The number of likely N-dealkylation sites (N-methyl/N-ethyl adjacent to an activating group) is 1. The van der Waals surface area contributed by atoms with E-state index in [0.717, 1.165) is 51.6 Å². The van der Waals surface area contributed by atoms with Gasteiger partial charge in [0.1, 0.15) is 11.8 Å². The largest absolute Gasteiger partial charge is 0.381 e. The average molecular weight is 467 g/mol. The van der Waals surface area contributed by atoms with E-state index in [1.165, 1.54) is 13.8 Å². The maximum Gasteiger partial charge on any atom is 0.253 e. The van der Waals surface area contributed by atoms with Gasteiger partial charge in [-0.1, -0.05) is 6.92 Å². The highest BCUT2D eigenvalue weighted by atomic mass is 19.1. The Morgan fingerprint density at radius 3 is 2.61 bits per heavy atom. The van der Waals surface area contributed by atoms with Crippen LogP contribution in [0.1, 0.15) is 72.1 Å². The maximum absolute atomic E-state index is 14.4. The third kappa shape index (κ3) is 5.38. The topological polar surface area (TPSA) is 84.9 Å². The predicted molar refractivity (Wildman–Crippen MR) is 125 cm³/mol. The molecule has 2 aliphatic carbocycles. The lowest BCUT2D eigenvalue weighted by Crippen LogP contribution is -2.52. The Balaban J connectivity index is 1.28. The van der Waals surface area contributed by atoms with Gasteiger partial charge < -0.3 is 20.6 Å². The van der Waals surface area contributed by atoms with Gasteiger partial charge in [-0.05, 0) is 71.1 Å². The zero-order valence-electron chi connectivity index (χ0n) is 20.7. The van der Waals surface area contributed by atoms with E-state index < -0.39 is 11.8 Å². The summed E-state index contributed by atoms with van der Waals surface area (Å²) in [6.07, 6.45) is 6.31. The quantitative estimate of drug-likeness (QED) is 0.576. The highest BCUT2D eigenvalue weighted by Gasteiger charge is 2.46. The van der Waals surface area contributed by atoms with E-state index in [0.29, 0.717) is 24.8 Å². The van der Waals surface area contributed by atoms with Crippen LogP contribution in [0.4, 0.5) is 4.39 Å². The second kappa shape index (κ2) is 9.78. The molecule has 4 aliphatic rings. The van der Waals surface area contributed by atoms with Crippen LogP contribution in [0, 0.1) is 11.8 Å². The molecule has 33 heavy (non-hydrogen) atoms. The van der Waals surface area contributed by atoms with Crippen molar-refractivity contribution in [3.05, 3.63) is 0 Å². The molecule has 2 aliphatic heterocycles. The molecule has 2 saturated heterocycles. The summed E-state index contributed by atoms with van der Waals surface area (Å²) in [5.41, 5.74) is -1.35. The molecule has 0 bridgehead atoms. The lowest BCUT2D eigenvalue weighted by Gasteiger charge is -2.37. The number of fused-ring (bicyclic) bond motifs is 1. The highest BCUT2D eigenvalue weighted by molar-refractivity contribution is 5.84. The van der Waals surface area contributed by atoms with Crippen LogP contribution in [0.15, 0.2) is 0 Å². The van der Waals surface area contributed by atoms with Gasteiger partial charge in [0.25, 0.3) is 5.91 Å². The lowest BCUT2D eigenvalue weighted by atomic mass is 9.77. The van der Waals surface area contributed by atoms with Gasteiger partial charge in [0.15, 0.2) is 0 Å². The second-order valence-electron chi connectivity index (χ2n) is 11.7. The molecule has 3 N–H and O–H groups in total. The number of hydrogen-bond acceptors (Lipinski definition) is 5. The van der Waals surface area contributed by atoms with Gasteiger partial charge in [-0.25, -0.2) is 4.39 Å². The van der Waals surface area contributed by atoms with Crippen molar-refractivity contribution in [2.24, 2.45) is 11.8 Å². The molecule has 7 nitrogen and oxygen atoms in total. The fourth-order valence-corrected chi connectivity index (χ4v) is 6.74. The number of rotatable bonds is 5. The SMILES string of the molecule is CC1CCC(F)C2CC(C(=O)N[C@@H]3CCC[C@@H](N4CC[C@H](N(C)C(=O)C(C)(C)O)C4)C3)NC12. The normalized spacial score (nSPS) is 39.8. The molecule has 0 spiro atoms. The smallest absolute Gasteiger partial charge is 0.253 e. The summed E-state index contributed by atoms with van der Waals surface area (Å²) < 4.78 is 14.4. The second-order valence-corrected chi connectivity index (χ2v) is 11.7. The van der Waals surface area contributed by atoms with Gasteiger partial charge in [0.2, 0.25) is 5.91 Å². The molecule has 2 saturated carbocycles. The fraction of sp³-hybridized carbons (Fsp3) is 0.920. The number of nitrogens with zero attached hydrogens (tertiary/aromatic N) is 2. The molecule has 0 aromatic rings. The number of aliphatic hydroxyl groups is 1. The summed E-state index contributed by atoms with van der Waals surface area (Å²) in [5.74, 6) is 0.180. The Morgan fingerprint density at radius 1 is 1.15 bits per heavy atom.